The van der Waals surface area contributed by atoms with Crippen LogP contribution in [0.15, 0.2) is 30.3 Å². The summed E-state index contributed by atoms with van der Waals surface area (Å²) in [6, 6.07) is 7.36. The van der Waals surface area contributed by atoms with Gasteiger partial charge in [-0.15, -0.1) is 0 Å². The fourth-order valence-corrected chi connectivity index (χ4v) is 1.95. The summed E-state index contributed by atoms with van der Waals surface area (Å²) in [6.07, 6.45) is 3.74. The summed E-state index contributed by atoms with van der Waals surface area (Å²) in [4.78, 5) is 21.7. The minimum absolute atomic E-state index is 0.00600. The molecule has 0 radical (unpaired) electrons. The standard InChI is InChI=1S/C14H17NO4/c1-3-6-11-7-4-5-8-13(11)12(10-15(17)18)9-14(16)19-2/h3-8,12H,9-10H2,1-2H3/b6-3+. The van der Waals surface area contributed by atoms with Gasteiger partial charge in [0.15, 0.2) is 0 Å². The predicted molar refractivity (Wildman–Crippen MR) is 72.4 cm³/mol. The van der Waals surface area contributed by atoms with Gasteiger partial charge < -0.3 is 4.74 Å². The molecule has 0 aliphatic carbocycles. The van der Waals surface area contributed by atoms with Crippen molar-refractivity contribution in [3.63, 3.8) is 0 Å². The van der Waals surface area contributed by atoms with Crippen LogP contribution in [0.5, 0.6) is 0 Å². The number of esters is 1. The minimum atomic E-state index is -0.477. The zero-order valence-electron chi connectivity index (χ0n) is 11.0. The molecule has 0 amide bonds. The van der Waals surface area contributed by atoms with E-state index in [2.05, 4.69) is 4.74 Å². The molecule has 0 bridgehead atoms. The van der Waals surface area contributed by atoms with Crippen LogP contribution in [0.1, 0.15) is 30.4 Å². The SMILES string of the molecule is C/C=C/c1ccccc1C(CC(=O)OC)C[N+](=O)[O-]. The van der Waals surface area contributed by atoms with Crippen molar-refractivity contribution in [2.75, 3.05) is 13.7 Å². The molecule has 1 aromatic rings. The number of rotatable bonds is 6. The Hall–Kier alpha value is -2.17. The smallest absolute Gasteiger partial charge is 0.306 e. The van der Waals surface area contributed by atoms with Crippen molar-refractivity contribution in [1.82, 2.24) is 0 Å². The Morgan fingerprint density at radius 3 is 2.74 bits per heavy atom. The van der Waals surface area contributed by atoms with Crippen LogP contribution >= 0.6 is 0 Å². The molecule has 0 N–H and O–H groups in total. The molecule has 0 aromatic heterocycles. The average Bonchev–Trinajstić information content (AvgIpc) is 2.38. The van der Waals surface area contributed by atoms with Crippen LogP contribution in [0, 0.1) is 10.1 Å². The average molecular weight is 263 g/mol. The number of ether oxygens (including phenoxy) is 1. The quantitative estimate of drug-likeness (QED) is 0.449. The Bertz CT molecular complexity index is 482. The molecule has 102 valence electrons. The highest BCUT2D eigenvalue weighted by molar-refractivity contribution is 5.71. The number of nitro groups is 1. The van der Waals surface area contributed by atoms with Gasteiger partial charge in [0.25, 0.3) is 0 Å². The van der Waals surface area contributed by atoms with Crippen molar-refractivity contribution >= 4 is 12.0 Å². The third-order valence-corrected chi connectivity index (χ3v) is 2.79. The van der Waals surface area contributed by atoms with Crippen molar-refractivity contribution in [3.05, 3.63) is 51.6 Å². The van der Waals surface area contributed by atoms with E-state index in [-0.39, 0.29) is 13.0 Å². The summed E-state index contributed by atoms with van der Waals surface area (Å²) in [7, 11) is 1.28. The second-order valence-electron chi connectivity index (χ2n) is 4.12. The summed E-state index contributed by atoms with van der Waals surface area (Å²) in [5.74, 6) is -0.919. The first-order valence-electron chi connectivity index (χ1n) is 5.98. The number of hydrogen-bond donors (Lipinski definition) is 0. The molecule has 0 heterocycles. The highest BCUT2D eigenvalue weighted by atomic mass is 16.6. The lowest BCUT2D eigenvalue weighted by Gasteiger charge is -2.14. The zero-order chi connectivity index (χ0) is 14.3. The molecule has 0 aliphatic heterocycles. The van der Waals surface area contributed by atoms with E-state index >= 15 is 0 Å². The third-order valence-electron chi connectivity index (χ3n) is 2.79. The van der Waals surface area contributed by atoms with Crippen molar-refractivity contribution in [1.29, 1.82) is 0 Å². The van der Waals surface area contributed by atoms with E-state index in [1.807, 2.05) is 43.3 Å². The number of carbonyl (C=O) groups is 1. The number of methoxy groups -OCH3 is 1. The van der Waals surface area contributed by atoms with Gasteiger partial charge in [-0.2, -0.15) is 0 Å². The molecule has 1 aromatic carbocycles. The second kappa shape index (κ2) is 7.31. The molecule has 0 aliphatic rings. The molecule has 1 unspecified atom stereocenters. The maximum absolute atomic E-state index is 11.4. The fraction of sp³-hybridized carbons (Fsp3) is 0.357. The molecular formula is C14H17NO4. The van der Waals surface area contributed by atoms with Gasteiger partial charge >= 0.3 is 5.97 Å². The lowest BCUT2D eigenvalue weighted by molar-refractivity contribution is -0.483. The molecule has 1 rings (SSSR count). The van der Waals surface area contributed by atoms with Gasteiger partial charge in [-0.25, -0.2) is 0 Å². The van der Waals surface area contributed by atoms with Crippen LogP contribution in [-0.2, 0) is 9.53 Å². The molecule has 0 spiro atoms. The topological polar surface area (TPSA) is 69.4 Å². The molecule has 0 fully saturated rings. The highest BCUT2D eigenvalue weighted by Crippen LogP contribution is 2.25. The molecule has 0 saturated heterocycles. The van der Waals surface area contributed by atoms with E-state index in [1.54, 1.807) is 0 Å². The van der Waals surface area contributed by atoms with E-state index in [0.29, 0.717) is 0 Å². The Labute approximate surface area is 112 Å². The second-order valence-corrected chi connectivity index (χ2v) is 4.12. The largest absolute Gasteiger partial charge is 0.469 e. The molecular weight excluding hydrogens is 246 g/mol. The van der Waals surface area contributed by atoms with Crippen LogP contribution < -0.4 is 0 Å². The summed E-state index contributed by atoms with van der Waals surface area (Å²) >= 11 is 0. The van der Waals surface area contributed by atoms with Gasteiger partial charge in [0.05, 0.1) is 19.4 Å². The van der Waals surface area contributed by atoms with E-state index in [1.165, 1.54) is 7.11 Å². The number of carbonyl (C=O) groups excluding carboxylic acids is 1. The highest BCUT2D eigenvalue weighted by Gasteiger charge is 2.23. The molecule has 5 heteroatoms. The first kappa shape index (κ1) is 14.9. The molecule has 1 atom stereocenters. The van der Waals surface area contributed by atoms with Gasteiger partial charge in [0.1, 0.15) is 0 Å². The monoisotopic (exact) mass is 263 g/mol. The summed E-state index contributed by atoms with van der Waals surface area (Å²) in [5, 5.41) is 10.8. The van der Waals surface area contributed by atoms with Crippen LogP contribution in [0.2, 0.25) is 0 Å². The molecule has 0 saturated carbocycles. The maximum Gasteiger partial charge on any atom is 0.306 e. The van der Waals surface area contributed by atoms with Crippen LogP contribution in [-0.4, -0.2) is 24.5 Å². The lowest BCUT2D eigenvalue weighted by Crippen LogP contribution is -2.18. The number of hydrogen-bond acceptors (Lipinski definition) is 4. The van der Waals surface area contributed by atoms with E-state index in [4.69, 9.17) is 0 Å². The molecule has 19 heavy (non-hydrogen) atoms. The summed E-state index contributed by atoms with van der Waals surface area (Å²) in [5.41, 5.74) is 1.68. The summed E-state index contributed by atoms with van der Waals surface area (Å²) < 4.78 is 4.60. The van der Waals surface area contributed by atoms with Gasteiger partial charge in [0.2, 0.25) is 6.54 Å². The van der Waals surface area contributed by atoms with Crippen LogP contribution in [0.3, 0.4) is 0 Å². The number of nitrogens with zero attached hydrogens (tertiary/aromatic N) is 1. The van der Waals surface area contributed by atoms with Crippen LogP contribution in [0.4, 0.5) is 0 Å². The Morgan fingerprint density at radius 1 is 1.47 bits per heavy atom. The normalized spacial score (nSPS) is 12.3. The van der Waals surface area contributed by atoms with Gasteiger partial charge in [-0.05, 0) is 18.1 Å². The van der Waals surface area contributed by atoms with Crippen molar-refractivity contribution in [2.24, 2.45) is 0 Å². The van der Waals surface area contributed by atoms with Gasteiger partial charge in [0, 0.05) is 4.92 Å². The minimum Gasteiger partial charge on any atom is -0.469 e. The third kappa shape index (κ3) is 4.54. The van der Waals surface area contributed by atoms with E-state index in [0.717, 1.165) is 11.1 Å². The number of allylic oxidation sites excluding steroid dienone is 1. The summed E-state index contributed by atoms with van der Waals surface area (Å²) in [6.45, 7) is 1.59. The Balaban J connectivity index is 3.08. The number of benzene rings is 1. The Morgan fingerprint density at radius 2 is 2.16 bits per heavy atom. The van der Waals surface area contributed by atoms with Gasteiger partial charge in [-0.1, -0.05) is 36.4 Å². The van der Waals surface area contributed by atoms with Crippen LogP contribution in [0.25, 0.3) is 6.08 Å². The first-order valence-corrected chi connectivity index (χ1v) is 5.98. The van der Waals surface area contributed by atoms with Crippen molar-refractivity contribution < 1.29 is 14.5 Å². The van der Waals surface area contributed by atoms with Crippen molar-refractivity contribution in [2.45, 2.75) is 19.3 Å². The predicted octanol–water partition coefficient (Wildman–Crippen LogP) is 2.64. The molecule has 5 nitrogen and oxygen atoms in total. The van der Waals surface area contributed by atoms with E-state index in [9.17, 15) is 14.9 Å². The first-order chi connectivity index (χ1) is 9.08. The zero-order valence-corrected chi connectivity index (χ0v) is 11.0. The lowest BCUT2D eigenvalue weighted by atomic mass is 9.91. The van der Waals surface area contributed by atoms with Crippen molar-refractivity contribution in [3.8, 4) is 0 Å². The maximum atomic E-state index is 11.4. The van der Waals surface area contributed by atoms with E-state index < -0.39 is 16.8 Å². The fourth-order valence-electron chi connectivity index (χ4n) is 1.95. The van der Waals surface area contributed by atoms with Gasteiger partial charge in [-0.3, -0.25) is 14.9 Å². The Kier molecular flexibility index (Phi) is 5.73.